The summed E-state index contributed by atoms with van der Waals surface area (Å²) in [4.78, 5) is 7.46. The van der Waals surface area contributed by atoms with Gasteiger partial charge in [0, 0.05) is 0 Å². The molecule has 2 heterocycles. The van der Waals surface area contributed by atoms with Crippen LogP contribution in [0, 0.1) is 11.6 Å². The molecule has 0 radical (unpaired) electrons. The number of nitrogens with one attached hydrogen (secondary N) is 2. The smallest absolute Gasteiger partial charge is 0.186 e. The fourth-order valence-corrected chi connectivity index (χ4v) is 3.01. The van der Waals surface area contributed by atoms with Crippen LogP contribution < -0.4 is 5.32 Å². The standard InChI is InChI=1S/C14H17F2N3/c1-2-6-14(7-3-8-17-14)13-18-10-5-4-9(15)11(16)12(10)19-13/h4-5,17H,2-3,6-8H2,1H3,(H,18,19). The average molecular weight is 265 g/mol. The maximum atomic E-state index is 13.7. The minimum absolute atomic E-state index is 0.0965. The molecule has 3 rings (SSSR count). The summed E-state index contributed by atoms with van der Waals surface area (Å²) >= 11 is 0. The van der Waals surface area contributed by atoms with Crippen LogP contribution in [0.1, 0.15) is 38.4 Å². The molecular formula is C14H17F2N3. The van der Waals surface area contributed by atoms with E-state index in [4.69, 9.17) is 0 Å². The van der Waals surface area contributed by atoms with Crippen molar-refractivity contribution < 1.29 is 8.78 Å². The van der Waals surface area contributed by atoms with Gasteiger partial charge in [-0.05, 0) is 37.9 Å². The second-order valence-corrected chi connectivity index (χ2v) is 5.21. The van der Waals surface area contributed by atoms with Gasteiger partial charge >= 0.3 is 0 Å². The lowest BCUT2D eigenvalue weighted by atomic mass is 9.91. The lowest BCUT2D eigenvalue weighted by molar-refractivity contribution is 0.338. The minimum atomic E-state index is -0.871. The molecule has 1 aliphatic heterocycles. The normalized spacial score (nSPS) is 23.3. The molecule has 0 amide bonds. The topological polar surface area (TPSA) is 40.7 Å². The zero-order valence-corrected chi connectivity index (χ0v) is 10.9. The Balaban J connectivity index is 2.12. The Morgan fingerprint density at radius 3 is 2.89 bits per heavy atom. The van der Waals surface area contributed by atoms with Crippen molar-refractivity contribution in [3.8, 4) is 0 Å². The van der Waals surface area contributed by atoms with Gasteiger partial charge in [-0.15, -0.1) is 0 Å². The van der Waals surface area contributed by atoms with Crippen molar-refractivity contribution in [2.24, 2.45) is 0 Å². The number of imidazole rings is 1. The lowest BCUT2D eigenvalue weighted by Gasteiger charge is -2.26. The van der Waals surface area contributed by atoms with Gasteiger partial charge in [-0.25, -0.2) is 13.8 Å². The summed E-state index contributed by atoms with van der Waals surface area (Å²) in [5.41, 5.74) is 0.439. The summed E-state index contributed by atoms with van der Waals surface area (Å²) in [6, 6.07) is 2.67. The Morgan fingerprint density at radius 1 is 1.37 bits per heavy atom. The molecule has 3 nitrogen and oxygen atoms in total. The molecule has 102 valence electrons. The molecule has 0 saturated carbocycles. The maximum Gasteiger partial charge on any atom is 0.186 e. The first kappa shape index (κ1) is 12.5. The summed E-state index contributed by atoms with van der Waals surface area (Å²) in [7, 11) is 0. The molecule has 5 heteroatoms. The molecule has 1 fully saturated rings. The quantitative estimate of drug-likeness (QED) is 0.894. The van der Waals surface area contributed by atoms with Crippen molar-refractivity contribution in [2.45, 2.75) is 38.1 Å². The van der Waals surface area contributed by atoms with E-state index < -0.39 is 11.6 Å². The molecule has 1 aliphatic rings. The summed E-state index contributed by atoms with van der Waals surface area (Å²) in [6.45, 7) is 3.05. The van der Waals surface area contributed by atoms with Crippen molar-refractivity contribution in [1.29, 1.82) is 0 Å². The number of aromatic nitrogens is 2. The van der Waals surface area contributed by atoms with Crippen molar-refractivity contribution in [3.05, 3.63) is 29.6 Å². The molecule has 0 bridgehead atoms. The number of halogens is 2. The first-order valence-corrected chi connectivity index (χ1v) is 6.75. The van der Waals surface area contributed by atoms with Crippen LogP contribution in [0.4, 0.5) is 8.78 Å². The van der Waals surface area contributed by atoms with Gasteiger partial charge in [-0.2, -0.15) is 0 Å². The third kappa shape index (κ3) is 1.92. The minimum Gasteiger partial charge on any atom is -0.340 e. The van der Waals surface area contributed by atoms with Crippen LogP contribution in [-0.2, 0) is 5.54 Å². The van der Waals surface area contributed by atoms with E-state index in [1.165, 1.54) is 0 Å². The van der Waals surface area contributed by atoms with Crippen LogP contribution in [-0.4, -0.2) is 16.5 Å². The Labute approximate surface area is 110 Å². The molecule has 0 spiro atoms. The van der Waals surface area contributed by atoms with Crippen molar-refractivity contribution >= 4 is 11.0 Å². The maximum absolute atomic E-state index is 13.7. The van der Waals surface area contributed by atoms with Crippen LogP contribution in [0.2, 0.25) is 0 Å². The molecule has 19 heavy (non-hydrogen) atoms. The summed E-state index contributed by atoms with van der Waals surface area (Å²) in [5, 5.41) is 3.47. The predicted molar refractivity (Wildman–Crippen MR) is 69.8 cm³/mol. The largest absolute Gasteiger partial charge is 0.340 e. The van der Waals surface area contributed by atoms with E-state index in [-0.39, 0.29) is 11.1 Å². The highest BCUT2D eigenvalue weighted by molar-refractivity contribution is 5.76. The van der Waals surface area contributed by atoms with E-state index in [0.717, 1.165) is 44.1 Å². The highest BCUT2D eigenvalue weighted by atomic mass is 19.2. The zero-order valence-electron chi connectivity index (χ0n) is 10.9. The van der Waals surface area contributed by atoms with E-state index in [2.05, 4.69) is 22.2 Å². The fraction of sp³-hybridized carbons (Fsp3) is 0.500. The van der Waals surface area contributed by atoms with Crippen molar-refractivity contribution in [3.63, 3.8) is 0 Å². The van der Waals surface area contributed by atoms with E-state index in [1.54, 1.807) is 6.07 Å². The van der Waals surface area contributed by atoms with Gasteiger partial charge in [0.15, 0.2) is 11.6 Å². The number of H-pyrrole nitrogens is 1. The molecule has 0 aliphatic carbocycles. The highest BCUT2D eigenvalue weighted by Crippen LogP contribution is 2.35. The number of aromatic amines is 1. The number of nitrogens with zero attached hydrogens (tertiary/aromatic N) is 1. The number of fused-ring (bicyclic) bond motifs is 1. The van der Waals surface area contributed by atoms with E-state index >= 15 is 0 Å². The number of hydrogen-bond donors (Lipinski definition) is 2. The molecule has 1 aromatic heterocycles. The Hall–Kier alpha value is -1.49. The Bertz CT molecular complexity index is 600. The molecular weight excluding hydrogens is 248 g/mol. The monoisotopic (exact) mass is 265 g/mol. The Morgan fingerprint density at radius 2 is 2.21 bits per heavy atom. The van der Waals surface area contributed by atoms with Crippen molar-refractivity contribution in [1.82, 2.24) is 15.3 Å². The third-order valence-corrected chi connectivity index (χ3v) is 3.92. The van der Waals surface area contributed by atoms with Gasteiger partial charge in [0.2, 0.25) is 0 Å². The molecule has 2 aromatic rings. The lowest BCUT2D eigenvalue weighted by Crippen LogP contribution is -2.37. The SMILES string of the molecule is CCCC1(c2nc3c(F)c(F)ccc3[nH]2)CCCN1. The van der Waals surface area contributed by atoms with Crippen molar-refractivity contribution in [2.75, 3.05) is 6.54 Å². The molecule has 1 atom stereocenters. The van der Waals surface area contributed by atoms with Gasteiger partial charge in [0.05, 0.1) is 11.1 Å². The molecule has 2 N–H and O–H groups in total. The first-order chi connectivity index (χ1) is 9.16. The fourth-order valence-electron chi connectivity index (χ4n) is 3.01. The first-order valence-electron chi connectivity index (χ1n) is 6.75. The zero-order chi connectivity index (χ0) is 13.5. The predicted octanol–water partition coefficient (Wildman–Crippen LogP) is 3.22. The van der Waals surface area contributed by atoms with Gasteiger partial charge < -0.3 is 10.3 Å². The molecule has 1 unspecified atom stereocenters. The molecule has 1 aromatic carbocycles. The highest BCUT2D eigenvalue weighted by Gasteiger charge is 2.37. The van der Waals surface area contributed by atoms with Crippen LogP contribution in [0.3, 0.4) is 0 Å². The molecule has 1 saturated heterocycles. The van der Waals surface area contributed by atoms with Crippen LogP contribution in [0.15, 0.2) is 12.1 Å². The van der Waals surface area contributed by atoms with Gasteiger partial charge in [0.1, 0.15) is 11.3 Å². The van der Waals surface area contributed by atoms with Gasteiger partial charge in [0.25, 0.3) is 0 Å². The van der Waals surface area contributed by atoms with Gasteiger partial charge in [-0.3, -0.25) is 0 Å². The van der Waals surface area contributed by atoms with Gasteiger partial charge in [-0.1, -0.05) is 13.3 Å². The number of hydrogen-bond acceptors (Lipinski definition) is 2. The van der Waals surface area contributed by atoms with E-state index in [9.17, 15) is 8.78 Å². The summed E-state index contributed by atoms with van der Waals surface area (Å²) in [5.74, 6) is -0.995. The summed E-state index contributed by atoms with van der Waals surface area (Å²) < 4.78 is 27.0. The van der Waals surface area contributed by atoms with E-state index in [1.807, 2.05) is 0 Å². The second kappa shape index (κ2) is 4.56. The summed E-state index contributed by atoms with van der Waals surface area (Å²) in [6.07, 6.45) is 4.01. The third-order valence-electron chi connectivity index (χ3n) is 3.92. The van der Waals surface area contributed by atoms with Crippen LogP contribution in [0.5, 0.6) is 0 Å². The van der Waals surface area contributed by atoms with E-state index in [0.29, 0.717) is 5.52 Å². The number of rotatable bonds is 3. The van der Waals surface area contributed by atoms with Crippen LogP contribution in [0.25, 0.3) is 11.0 Å². The second-order valence-electron chi connectivity index (χ2n) is 5.21. The van der Waals surface area contributed by atoms with Crippen LogP contribution >= 0.6 is 0 Å². The Kier molecular flexibility index (Phi) is 3.01. The average Bonchev–Trinajstić information content (AvgIpc) is 3.02. The number of benzene rings is 1.